The number of hydrogen-bond donors (Lipinski definition) is 2. The second kappa shape index (κ2) is 8.44. The fourth-order valence-corrected chi connectivity index (χ4v) is 2.40. The molecule has 1 aliphatic rings. The smallest absolute Gasteiger partial charge is 0.185 e. The van der Waals surface area contributed by atoms with Crippen LogP contribution in [0.3, 0.4) is 0 Å². The monoisotopic (exact) mass is 346 g/mol. The Hall–Kier alpha value is -2.41. The lowest BCUT2D eigenvalue weighted by Crippen LogP contribution is -2.37. The van der Waals surface area contributed by atoms with Crippen molar-refractivity contribution in [2.75, 3.05) is 19.5 Å². The van der Waals surface area contributed by atoms with Gasteiger partial charge in [-0.3, -0.25) is 4.79 Å². The van der Waals surface area contributed by atoms with Crippen LogP contribution in [0.1, 0.15) is 5.56 Å². The maximum Gasteiger partial charge on any atom is 0.185 e. The number of aldehydes is 1. The van der Waals surface area contributed by atoms with Crippen LogP contribution in [0, 0.1) is 0 Å². The van der Waals surface area contributed by atoms with Crippen LogP contribution in [-0.2, 0) is 14.6 Å². The molecule has 2 aromatic rings. The van der Waals surface area contributed by atoms with E-state index in [0.29, 0.717) is 17.1 Å². The van der Waals surface area contributed by atoms with Gasteiger partial charge >= 0.3 is 0 Å². The average Bonchev–Trinajstić information content (AvgIpc) is 2.77. The number of fused-ring (bicyclic) bond motifs is 2. The number of methoxy groups -OCH3 is 1. The molecule has 1 atom stereocenters. The van der Waals surface area contributed by atoms with E-state index in [1.54, 1.807) is 6.07 Å². The molecule has 1 aliphatic heterocycles. The fourth-order valence-electron chi connectivity index (χ4n) is 2.22. The molecule has 0 saturated carbocycles. The van der Waals surface area contributed by atoms with Crippen molar-refractivity contribution in [2.45, 2.75) is 6.23 Å². The van der Waals surface area contributed by atoms with Gasteiger partial charge in [0, 0.05) is 23.4 Å². The number of nitrogens with one attached hydrogen (secondary N) is 2. The number of amidine groups is 1. The third-order valence-corrected chi connectivity index (χ3v) is 3.53. The summed E-state index contributed by atoms with van der Waals surface area (Å²) < 4.78 is 5.06. The van der Waals surface area contributed by atoms with Crippen molar-refractivity contribution in [3.8, 4) is 0 Å². The lowest BCUT2D eigenvalue weighted by atomic mass is 10.1. The van der Waals surface area contributed by atoms with Crippen LogP contribution in [-0.4, -0.2) is 32.6 Å². The molecule has 1 unspecified atom stereocenters. The highest BCUT2D eigenvalue weighted by Crippen LogP contribution is 2.35. The topological polar surface area (TPSA) is 82.6 Å². The molecule has 6 nitrogen and oxygen atoms in total. The van der Waals surface area contributed by atoms with E-state index in [9.17, 15) is 4.79 Å². The highest BCUT2D eigenvalue weighted by molar-refractivity contribution is 6.31. The predicted octanol–water partition coefficient (Wildman–Crippen LogP) is 3.28. The van der Waals surface area contributed by atoms with E-state index in [1.807, 2.05) is 36.4 Å². The first kappa shape index (κ1) is 17.9. The van der Waals surface area contributed by atoms with Crippen LogP contribution < -0.4 is 10.6 Å². The molecule has 0 amide bonds. The molecular weight excluding hydrogens is 330 g/mol. The number of aliphatic imine (C=N–C) groups is 1. The van der Waals surface area contributed by atoms with Crippen LogP contribution in [0.4, 0.5) is 17.1 Å². The number of hydrogen-bond acceptors (Lipinski definition) is 5. The number of benzene rings is 2. The quantitative estimate of drug-likeness (QED) is 0.660. The van der Waals surface area contributed by atoms with Gasteiger partial charge in [0.1, 0.15) is 5.84 Å². The number of nitrogens with zero attached hydrogens (tertiary/aromatic N) is 1. The van der Waals surface area contributed by atoms with Crippen LogP contribution in [0.5, 0.6) is 0 Å². The summed E-state index contributed by atoms with van der Waals surface area (Å²) in [5.41, 5.74) is 3.25. The summed E-state index contributed by atoms with van der Waals surface area (Å²) >= 11 is 6.05. The minimum Gasteiger partial charge on any atom is -0.355 e. The molecule has 1 heterocycles. The van der Waals surface area contributed by atoms with Crippen molar-refractivity contribution in [3.63, 3.8) is 0 Å². The van der Waals surface area contributed by atoms with Gasteiger partial charge in [-0.25, -0.2) is 10.1 Å². The summed E-state index contributed by atoms with van der Waals surface area (Å²) in [6, 6.07) is 13.1. The van der Waals surface area contributed by atoms with Gasteiger partial charge in [-0.2, -0.15) is 0 Å². The van der Waals surface area contributed by atoms with Crippen LogP contribution >= 0.6 is 11.6 Å². The van der Waals surface area contributed by atoms with Crippen molar-refractivity contribution in [1.82, 2.24) is 5.32 Å². The predicted molar refractivity (Wildman–Crippen MR) is 94.0 cm³/mol. The number of rotatable bonds is 3. The number of para-hydroxylation sites is 1. The molecule has 2 aromatic carbocycles. The van der Waals surface area contributed by atoms with Crippen molar-refractivity contribution < 1.29 is 14.6 Å². The molecule has 3 rings (SSSR count). The van der Waals surface area contributed by atoms with E-state index in [4.69, 9.17) is 21.4 Å². The summed E-state index contributed by atoms with van der Waals surface area (Å²) in [5.74, 6) is 0.558. The standard InChI is InChI=1S/C16H14ClN3O2.CH3O/c1-22-15(9-21)20-16-11-4-2-3-5-12(11)18-14-8-10(17)6-7-13(14)19-16;1-2/h2-9,15,18H,1H3,(H,19,20);1H3. The first-order valence-electron chi connectivity index (χ1n) is 7.11. The lowest BCUT2D eigenvalue weighted by Gasteiger charge is -2.15. The van der Waals surface area contributed by atoms with E-state index in [1.165, 1.54) is 7.11 Å². The number of carbonyl (C=O) groups excluding carboxylic acids is 1. The van der Waals surface area contributed by atoms with Gasteiger partial charge in [0.2, 0.25) is 0 Å². The second-order valence-electron chi connectivity index (χ2n) is 4.73. The Kier molecular flexibility index (Phi) is 6.31. The summed E-state index contributed by atoms with van der Waals surface area (Å²) in [7, 11) is 2.21. The molecule has 0 saturated heterocycles. The van der Waals surface area contributed by atoms with E-state index < -0.39 is 6.23 Å². The maximum absolute atomic E-state index is 11.0. The Morgan fingerprint density at radius 1 is 1.21 bits per heavy atom. The maximum atomic E-state index is 11.0. The summed E-state index contributed by atoms with van der Waals surface area (Å²) in [5, 5.41) is 15.2. The van der Waals surface area contributed by atoms with Crippen LogP contribution in [0.15, 0.2) is 47.5 Å². The van der Waals surface area contributed by atoms with E-state index in [0.717, 1.165) is 29.7 Å². The lowest BCUT2D eigenvalue weighted by molar-refractivity contribution is -0.117. The first-order chi connectivity index (χ1) is 11.7. The number of ether oxygens (including phenoxy) is 1. The van der Waals surface area contributed by atoms with Gasteiger partial charge in [0.15, 0.2) is 12.5 Å². The first-order valence-corrected chi connectivity index (χ1v) is 7.49. The van der Waals surface area contributed by atoms with E-state index in [2.05, 4.69) is 15.6 Å². The Labute approximate surface area is 145 Å². The van der Waals surface area contributed by atoms with Gasteiger partial charge in [0.05, 0.1) is 18.5 Å². The molecule has 0 bridgehead atoms. The second-order valence-corrected chi connectivity index (χ2v) is 5.17. The van der Waals surface area contributed by atoms with Gasteiger partial charge in [-0.1, -0.05) is 23.7 Å². The third kappa shape index (κ3) is 3.91. The molecule has 7 heteroatoms. The normalized spacial score (nSPS) is 12.9. The summed E-state index contributed by atoms with van der Waals surface area (Å²) in [6.07, 6.45) is -0.0765. The molecule has 24 heavy (non-hydrogen) atoms. The molecule has 1 radical (unpaired) electrons. The zero-order chi connectivity index (χ0) is 17.5. The largest absolute Gasteiger partial charge is 0.355 e. The van der Waals surface area contributed by atoms with Gasteiger partial charge in [-0.15, -0.1) is 0 Å². The van der Waals surface area contributed by atoms with Crippen molar-refractivity contribution >= 4 is 40.8 Å². The fraction of sp³-hybridized carbons (Fsp3) is 0.176. The van der Waals surface area contributed by atoms with Crippen LogP contribution in [0.2, 0.25) is 5.02 Å². The highest BCUT2D eigenvalue weighted by atomic mass is 35.5. The molecule has 0 aromatic heterocycles. The molecule has 125 valence electrons. The average molecular weight is 347 g/mol. The number of carbonyl (C=O) groups is 1. The number of anilines is 2. The molecule has 2 N–H and O–H groups in total. The third-order valence-electron chi connectivity index (χ3n) is 3.30. The minimum absolute atomic E-state index is 0.558. The summed E-state index contributed by atoms with van der Waals surface area (Å²) in [6.45, 7) is 0. The zero-order valence-corrected chi connectivity index (χ0v) is 14.0. The molecule has 0 spiro atoms. The van der Waals surface area contributed by atoms with E-state index in [-0.39, 0.29) is 0 Å². The van der Waals surface area contributed by atoms with Crippen molar-refractivity contribution in [3.05, 3.63) is 53.1 Å². The highest BCUT2D eigenvalue weighted by Gasteiger charge is 2.18. The van der Waals surface area contributed by atoms with Crippen LogP contribution in [0.25, 0.3) is 0 Å². The van der Waals surface area contributed by atoms with Gasteiger partial charge < -0.3 is 15.4 Å². The zero-order valence-electron chi connectivity index (χ0n) is 13.2. The Balaban J connectivity index is 0.00000100. The summed E-state index contributed by atoms with van der Waals surface area (Å²) in [4.78, 5) is 15.6. The minimum atomic E-state index is -0.763. The Bertz CT molecular complexity index is 750. The molecule has 0 fully saturated rings. The van der Waals surface area contributed by atoms with Gasteiger partial charge in [0.25, 0.3) is 0 Å². The van der Waals surface area contributed by atoms with Crippen molar-refractivity contribution in [2.24, 2.45) is 4.99 Å². The van der Waals surface area contributed by atoms with E-state index >= 15 is 0 Å². The SMILES string of the molecule is COC(C=O)NC1=Nc2ccc(Cl)cc2Nc2ccccc21.C[O]. The molecule has 0 aliphatic carbocycles. The molecular formula is C17H17ClN3O3. The Morgan fingerprint density at radius 2 is 1.96 bits per heavy atom. The Morgan fingerprint density at radius 3 is 2.67 bits per heavy atom. The van der Waals surface area contributed by atoms with Crippen molar-refractivity contribution in [1.29, 1.82) is 0 Å². The van der Waals surface area contributed by atoms with Gasteiger partial charge in [-0.05, 0) is 30.3 Å². The number of halogens is 1.